The van der Waals surface area contributed by atoms with Gasteiger partial charge in [-0.05, 0) is 26.7 Å². The molecule has 0 bridgehead atoms. The Bertz CT molecular complexity index is 208. The molecule has 2 saturated heterocycles. The van der Waals surface area contributed by atoms with Crippen LogP contribution in [0.2, 0.25) is 0 Å². The van der Waals surface area contributed by atoms with Crippen LogP contribution in [0.3, 0.4) is 0 Å². The summed E-state index contributed by atoms with van der Waals surface area (Å²) in [5.41, 5.74) is 0. The molecule has 2 atom stereocenters. The predicted octanol–water partition coefficient (Wildman–Crippen LogP) is 1.03. The van der Waals surface area contributed by atoms with Crippen molar-refractivity contribution in [1.82, 2.24) is 10.2 Å². The monoisotopic (exact) mass is 218 g/mol. The maximum Gasteiger partial charge on any atom is 0.228 e. The molecule has 82 valence electrons. The van der Waals surface area contributed by atoms with Gasteiger partial charge < -0.3 is 10.2 Å². The number of nitrogens with one attached hydrogen (secondary N) is 1. The van der Waals surface area contributed by atoms with Crippen LogP contribution in [0.15, 0.2) is 0 Å². The standard InChI is InChI=1S/C10H18N2O.ClH/c1-7-3-4-8(2)12(7)10(13)9-5-11-6-9;/h7-9,11H,3-6H2,1-2H3;1H. The first-order valence-electron chi connectivity index (χ1n) is 5.23. The second kappa shape index (κ2) is 4.49. The zero-order chi connectivity index (χ0) is 9.42. The zero-order valence-corrected chi connectivity index (χ0v) is 9.64. The van der Waals surface area contributed by atoms with E-state index in [0.29, 0.717) is 18.0 Å². The largest absolute Gasteiger partial charge is 0.337 e. The first-order valence-corrected chi connectivity index (χ1v) is 5.23. The Morgan fingerprint density at radius 2 is 1.71 bits per heavy atom. The molecular formula is C10H19ClN2O. The normalized spacial score (nSPS) is 32.3. The summed E-state index contributed by atoms with van der Waals surface area (Å²) >= 11 is 0. The van der Waals surface area contributed by atoms with Crippen molar-refractivity contribution in [2.45, 2.75) is 38.8 Å². The SMILES string of the molecule is CC1CCC(C)N1C(=O)C1CNC1.Cl. The fourth-order valence-corrected chi connectivity index (χ4v) is 2.30. The van der Waals surface area contributed by atoms with E-state index >= 15 is 0 Å². The molecule has 2 unspecified atom stereocenters. The average molecular weight is 219 g/mol. The van der Waals surface area contributed by atoms with Crippen LogP contribution in [-0.2, 0) is 4.79 Å². The van der Waals surface area contributed by atoms with E-state index in [1.54, 1.807) is 0 Å². The summed E-state index contributed by atoms with van der Waals surface area (Å²) in [6, 6.07) is 0.922. The van der Waals surface area contributed by atoms with Gasteiger partial charge in [0, 0.05) is 25.2 Å². The lowest BCUT2D eigenvalue weighted by atomic mass is 10.0. The highest BCUT2D eigenvalue weighted by molar-refractivity contribution is 5.85. The quantitative estimate of drug-likeness (QED) is 0.713. The molecule has 1 amide bonds. The summed E-state index contributed by atoms with van der Waals surface area (Å²) in [5.74, 6) is 0.638. The van der Waals surface area contributed by atoms with Crippen LogP contribution in [0.5, 0.6) is 0 Å². The number of hydrogen-bond acceptors (Lipinski definition) is 2. The average Bonchev–Trinajstić information content (AvgIpc) is 2.27. The molecule has 3 nitrogen and oxygen atoms in total. The molecular weight excluding hydrogens is 200 g/mol. The molecule has 1 N–H and O–H groups in total. The predicted molar refractivity (Wildman–Crippen MR) is 58.6 cm³/mol. The van der Waals surface area contributed by atoms with Gasteiger partial charge in [0.2, 0.25) is 5.91 Å². The molecule has 0 spiro atoms. The molecule has 0 aromatic rings. The zero-order valence-electron chi connectivity index (χ0n) is 8.82. The molecule has 0 aromatic carbocycles. The van der Waals surface area contributed by atoms with Crippen molar-refractivity contribution in [2.75, 3.05) is 13.1 Å². The highest BCUT2D eigenvalue weighted by Crippen LogP contribution is 2.26. The van der Waals surface area contributed by atoms with E-state index < -0.39 is 0 Å². The van der Waals surface area contributed by atoms with Crippen LogP contribution in [0.25, 0.3) is 0 Å². The molecule has 2 heterocycles. The van der Waals surface area contributed by atoms with Crippen molar-refractivity contribution in [3.63, 3.8) is 0 Å². The van der Waals surface area contributed by atoms with E-state index in [4.69, 9.17) is 0 Å². The second-order valence-electron chi connectivity index (χ2n) is 4.38. The van der Waals surface area contributed by atoms with Gasteiger partial charge in [-0.25, -0.2) is 0 Å². The molecule has 2 fully saturated rings. The Labute approximate surface area is 91.6 Å². The van der Waals surface area contributed by atoms with Crippen molar-refractivity contribution in [1.29, 1.82) is 0 Å². The van der Waals surface area contributed by atoms with E-state index in [1.807, 2.05) is 0 Å². The Morgan fingerprint density at radius 1 is 1.21 bits per heavy atom. The smallest absolute Gasteiger partial charge is 0.228 e. The van der Waals surface area contributed by atoms with Crippen molar-refractivity contribution < 1.29 is 4.79 Å². The summed E-state index contributed by atoms with van der Waals surface area (Å²) in [5, 5.41) is 3.15. The number of rotatable bonds is 1. The third-order valence-electron chi connectivity index (χ3n) is 3.34. The third-order valence-corrected chi connectivity index (χ3v) is 3.34. The van der Waals surface area contributed by atoms with Crippen LogP contribution in [0, 0.1) is 5.92 Å². The van der Waals surface area contributed by atoms with Gasteiger partial charge in [0.05, 0.1) is 5.92 Å². The molecule has 0 saturated carbocycles. The number of nitrogens with zero attached hydrogens (tertiary/aromatic N) is 1. The van der Waals surface area contributed by atoms with Gasteiger partial charge in [-0.2, -0.15) is 0 Å². The first-order chi connectivity index (χ1) is 6.20. The minimum absolute atomic E-state index is 0. The van der Waals surface area contributed by atoms with Crippen LogP contribution in [0.1, 0.15) is 26.7 Å². The van der Waals surface area contributed by atoms with Crippen molar-refractivity contribution in [3.05, 3.63) is 0 Å². The minimum atomic E-state index is 0. The van der Waals surface area contributed by atoms with Gasteiger partial charge in [0.1, 0.15) is 0 Å². The van der Waals surface area contributed by atoms with Gasteiger partial charge in [-0.1, -0.05) is 0 Å². The third kappa shape index (κ3) is 1.89. The Hall–Kier alpha value is -0.280. The fourth-order valence-electron chi connectivity index (χ4n) is 2.30. The van der Waals surface area contributed by atoms with E-state index in [2.05, 4.69) is 24.1 Å². The number of carbonyl (C=O) groups is 1. The maximum absolute atomic E-state index is 11.9. The fraction of sp³-hybridized carbons (Fsp3) is 0.900. The first kappa shape index (κ1) is 11.8. The molecule has 0 aromatic heterocycles. The molecule has 2 aliphatic rings. The number of halogens is 1. The summed E-state index contributed by atoms with van der Waals surface area (Å²) in [4.78, 5) is 14.0. The summed E-state index contributed by atoms with van der Waals surface area (Å²) in [6.45, 7) is 6.09. The van der Waals surface area contributed by atoms with Crippen LogP contribution < -0.4 is 5.32 Å². The second-order valence-corrected chi connectivity index (χ2v) is 4.38. The van der Waals surface area contributed by atoms with E-state index in [1.165, 1.54) is 12.8 Å². The highest BCUT2D eigenvalue weighted by Gasteiger charge is 2.37. The summed E-state index contributed by atoms with van der Waals surface area (Å²) in [7, 11) is 0. The summed E-state index contributed by atoms with van der Waals surface area (Å²) in [6.07, 6.45) is 2.35. The van der Waals surface area contributed by atoms with Crippen LogP contribution >= 0.6 is 12.4 Å². The lowest BCUT2D eigenvalue weighted by Gasteiger charge is -2.34. The number of amides is 1. The van der Waals surface area contributed by atoms with Crippen LogP contribution in [-0.4, -0.2) is 36.0 Å². The Kier molecular flexibility index (Phi) is 3.78. The number of hydrogen-bond donors (Lipinski definition) is 1. The van der Waals surface area contributed by atoms with Gasteiger partial charge >= 0.3 is 0 Å². The molecule has 0 radical (unpaired) electrons. The highest BCUT2D eigenvalue weighted by atomic mass is 35.5. The lowest BCUT2D eigenvalue weighted by Crippen LogP contribution is -2.54. The molecule has 4 heteroatoms. The number of carbonyl (C=O) groups excluding carboxylic acids is 1. The maximum atomic E-state index is 11.9. The lowest BCUT2D eigenvalue weighted by molar-refractivity contribution is -0.139. The van der Waals surface area contributed by atoms with Crippen molar-refractivity contribution >= 4 is 18.3 Å². The summed E-state index contributed by atoms with van der Waals surface area (Å²) < 4.78 is 0. The van der Waals surface area contributed by atoms with Crippen molar-refractivity contribution in [2.24, 2.45) is 5.92 Å². The molecule has 2 rings (SSSR count). The molecule has 0 aliphatic carbocycles. The van der Waals surface area contributed by atoms with Gasteiger partial charge in [0.15, 0.2) is 0 Å². The van der Waals surface area contributed by atoms with Crippen molar-refractivity contribution in [3.8, 4) is 0 Å². The Balaban J connectivity index is 0.000000980. The van der Waals surface area contributed by atoms with Gasteiger partial charge in [0.25, 0.3) is 0 Å². The van der Waals surface area contributed by atoms with E-state index in [9.17, 15) is 4.79 Å². The van der Waals surface area contributed by atoms with E-state index in [0.717, 1.165) is 13.1 Å². The van der Waals surface area contributed by atoms with E-state index in [-0.39, 0.29) is 18.3 Å². The topological polar surface area (TPSA) is 32.3 Å². The number of likely N-dealkylation sites (tertiary alicyclic amines) is 1. The van der Waals surface area contributed by atoms with Gasteiger partial charge in [-0.15, -0.1) is 12.4 Å². The van der Waals surface area contributed by atoms with Gasteiger partial charge in [-0.3, -0.25) is 4.79 Å². The molecule has 2 aliphatic heterocycles. The Morgan fingerprint density at radius 3 is 2.07 bits per heavy atom. The van der Waals surface area contributed by atoms with Crippen LogP contribution in [0.4, 0.5) is 0 Å². The molecule has 14 heavy (non-hydrogen) atoms. The minimum Gasteiger partial charge on any atom is -0.337 e.